The van der Waals surface area contributed by atoms with Gasteiger partial charge in [0.05, 0.1) is 11.3 Å². The minimum Gasteiger partial charge on any atom is -0.320 e. The summed E-state index contributed by atoms with van der Waals surface area (Å²) in [6.45, 7) is 1.50. The minimum absolute atomic E-state index is 0.0591. The first-order valence-corrected chi connectivity index (χ1v) is 5.79. The Morgan fingerprint density at radius 1 is 1.15 bits per heavy atom. The molecule has 1 aromatic carbocycles. The highest BCUT2D eigenvalue weighted by Crippen LogP contribution is 2.36. The van der Waals surface area contributed by atoms with Crippen molar-refractivity contribution in [3.63, 3.8) is 0 Å². The molecule has 0 bridgehead atoms. The number of hydrogen-bond acceptors (Lipinski definition) is 2. The van der Waals surface area contributed by atoms with E-state index in [9.17, 15) is 18.0 Å². The van der Waals surface area contributed by atoms with Crippen LogP contribution in [0.15, 0.2) is 42.6 Å². The van der Waals surface area contributed by atoms with E-state index in [0.717, 1.165) is 6.07 Å². The average Bonchev–Trinajstić information content (AvgIpc) is 2.40. The number of alkyl halides is 3. The third kappa shape index (κ3) is 2.96. The van der Waals surface area contributed by atoms with Gasteiger partial charge in [-0.2, -0.15) is 13.2 Å². The van der Waals surface area contributed by atoms with Gasteiger partial charge in [-0.05, 0) is 30.7 Å². The van der Waals surface area contributed by atoms with E-state index in [4.69, 9.17) is 0 Å². The van der Waals surface area contributed by atoms with Crippen LogP contribution in [-0.4, -0.2) is 10.9 Å². The summed E-state index contributed by atoms with van der Waals surface area (Å²) in [5.74, 6) is -0.676. The van der Waals surface area contributed by atoms with Crippen LogP contribution in [-0.2, 0) is 6.18 Å². The number of pyridine rings is 1. The number of nitrogens with one attached hydrogen (secondary N) is 1. The summed E-state index contributed by atoms with van der Waals surface area (Å²) in [4.78, 5) is 15.7. The average molecular weight is 280 g/mol. The van der Waals surface area contributed by atoms with Gasteiger partial charge in [-0.15, -0.1) is 0 Å². The molecule has 1 amide bonds. The fraction of sp³-hybridized carbons (Fsp3) is 0.143. The zero-order valence-electron chi connectivity index (χ0n) is 10.5. The smallest absolute Gasteiger partial charge is 0.320 e. The predicted molar refractivity (Wildman–Crippen MR) is 68.4 cm³/mol. The zero-order valence-corrected chi connectivity index (χ0v) is 10.5. The molecule has 1 heterocycles. The molecule has 0 aliphatic rings. The second-order valence-corrected chi connectivity index (χ2v) is 4.16. The topological polar surface area (TPSA) is 42.0 Å². The summed E-state index contributed by atoms with van der Waals surface area (Å²) >= 11 is 0. The van der Waals surface area contributed by atoms with Crippen molar-refractivity contribution in [3.05, 3.63) is 59.4 Å². The lowest BCUT2D eigenvalue weighted by Crippen LogP contribution is -2.18. The van der Waals surface area contributed by atoms with Crippen LogP contribution in [0.3, 0.4) is 0 Å². The van der Waals surface area contributed by atoms with E-state index in [1.807, 2.05) is 0 Å². The molecule has 3 nitrogen and oxygen atoms in total. The minimum atomic E-state index is -4.53. The highest BCUT2D eigenvalue weighted by atomic mass is 19.4. The summed E-state index contributed by atoms with van der Waals surface area (Å²) in [5, 5.41) is 2.28. The summed E-state index contributed by atoms with van der Waals surface area (Å²) < 4.78 is 38.7. The fourth-order valence-electron chi connectivity index (χ4n) is 1.74. The standard InChI is InChI=1S/C14H11F3N2O/c1-9-5-4-6-10(14(15,16)17)12(9)19-13(20)11-7-2-3-8-18-11/h2-8H,1H3,(H,19,20). The third-order valence-electron chi connectivity index (χ3n) is 2.71. The number of aryl methyl sites for hydroxylation is 1. The fourth-order valence-corrected chi connectivity index (χ4v) is 1.74. The number of carbonyl (C=O) groups excluding carboxylic acids is 1. The summed E-state index contributed by atoms with van der Waals surface area (Å²) in [5.41, 5.74) is -0.717. The Hall–Kier alpha value is -2.37. The van der Waals surface area contributed by atoms with Crippen LogP contribution < -0.4 is 5.32 Å². The highest BCUT2D eigenvalue weighted by molar-refractivity contribution is 6.03. The van der Waals surface area contributed by atoms with Crippen LogP contribution >= 0.6 is 0 Å². The van der Waals surface area contributed by atoms with Crippen LogP contribution in [0.2, 0.25) is 0 Å². The van der Waals surface area contributed by atoms with Crippen LogP contribution in [0, 0.1) is 6.92 Å². The molecule has 0 saturated heterocycles. The molecular weight excluding hydrogens is 269 g/mol. The van der Waals surface area contributed by atoms with Gasteiger partial charge in [-0.3, -0.25) is 9.78 Å². The summed E-state index contributed by atoms with van der Waals surface area (Å²) in [6.07, 6.45) is -3.13. The van der Waals surface area contributed by atoms with E-state index in [1.165, 1.54) is 31.3 Å². The van der Waals surface area contributed by atoms with Crippen molar-refractivity contribution in [2.45, 2.75) is 13.1 Å². The molecule has 0 atom stereocenters. The third-order valence-corrected chi connectivity index (χ3v) is 2.71. The molecule has 2 aromatic rings. The first-order valence-electron chi connectivity index (χ1n) is 5.79. The van der Waals surface area contributed by atoms with Gasteiger partial charge >= 0.3 is 6.18 Å². The van der Waals surface area contributed by atoms with E-state index in [2.05, 4.69) is 10.3 Å². The number of benzene rings is 1. The lowest BCUT2D eigenvalue weighted by Gasteiger charge is -2.15. The molecule has 0 radical (unpaired) electrons. The first kappa shape index (κ1) is 14.0. The molecule has 0 fully saturated rings. The maximum atomic E-state index is 12.9. The first-order chi connectivity index (χ1) is 9.39. The van der Waals surface area contributed by atoms with Crippen molar-refractivity contribution in [3.8, 4) is 0 Å². The molecule has 0 aliphatic carbocycles. The number of halogens is 3. The number of amides is 1. The Kier molecular flexibility index (Phi) is 3.74. The molecule has 20 heavy (non-hydrogen) atoms. The van der Waals surface area contributed by atoms with Crippen LogP contribution in [0.1, 0.15) is 21.6 Å². The monoisotopic (exact) mass is 280 g/mol. The number of nitrogens with zero attached hydrogens (tertiary/aromatic N) is 1. The van der Waals surface area contributed by atoms with E-state index >= 15 is 0 Å². The van der Waals surface area contributed by atoms with Crippen molar-refractivity contribution < 1.29 is 18.0 Å². The number of hydrogen-bond donors (Lipinski definition) is 1. The number of para-hydroxylation sites is 1. The quantitative estimate of drug-likeness (QED) is 0.912. The highest BCUT2D eigenvalue weighted by Gasteiger charge is 2.34. The SMILES string of the molecule is Cc1cccc(C(F)(F)F)c1NC(=O)c1ccccn1. The molecular formula is C14H11F3N2O. The Morgan fingerprint density at radius 3 is 2.50 bits per heavy atom. The summed E-state index contributed by atoms with van der Waals surface area (Å²) in [7, 11) is 0. The van der Waals surface area contributed by atoms with Crippen molar-refractivity contribution in [1.29, 1.82) is 0 Å². The Labute approximate surface area is 113 Å². The van der Waals surface area contributed by atoms with Crippen molar-refractivity contribution in [2.75, 3.05) is 5.32 Å². The maximum Gasteiger partial charge on any atom is 0.418 e. The Bertz CT molecular complexity index is 624. The lowest BCUT2D eigenvalue weighted by molar-refractivity contribution is -0.136. The molecule has 2 rings (SSSR count). The van der Waals surface area contributed by atoms with Crippen molar-refractivity contribution in [1.82, 2.24) is 4.98 Å². The van der Waals surface area contributed by atoms with Crippen LogP contribution in [0.25, 0.3) is 0 Å². The van der Waals surface area contributed by atoms with Gasteiger partial charge < -0.3 is 5.32 Å². The molecule has 1 aromatic heterocycles. The second kappa shape index (κ2) is 5.32. The molecule has 0 spiro atoms. The molecule has 6 heteroatoms. The van der Waals surface area contributed by atoms with E-state index in [-0.39, 0.29) is 11.4 Å². The zero-order chi connectivity index (χ0) is 14.8. The number of rotatable bonds is 2. The van der Waals surface area contributed by atoms with Crippen LogP contribution in [0.5, 0.6) is 0 Å². The normalized spacial score (nSPS) is 11.2. The molecule has 104 valence electrons. The van der Waals surface area contributed by atoms with Crippen molar-refractivity contribution in [2.24, 2.45) is 0 Å². The Balaban J connectivity index is 2.37. The molecule has 0 saturated carbocycles. The van der Waals surface area contributed by atoms with Crippen molar-refractivity contribution >= 4 is 11.6 Å². The van der Waals surface area contributed by atoms with Gasteiger partial charge in [-0.1, -0.05) is 18.2 Å². The molecule has 0 aliphatic heterocycles. The van der Waals surface area contributed by atoms with Gasteiger partial charge in [0.25, 0.3) is 5.91 Å². The van der Waals surface area contributed by atoms with Gasteiger partial charge in [0.2, 0.25) is 0 Å². The van der Waals surface area contributed by atoms with E-state index < -0.39 is 17.6 Å². The van der Waals surface area contributed by atoms with E-state index in [0.29, 0.717) is 5.56 Å². The predicted octanol–water partition coefficient (Wildman–Crippen LogP) is 3.66. The molecule has 0 unspecified atom stereocenters. The van der Waals surface area contributed by atoms with Gasteiger partial charge in [0.1, 0.15) is 5.69 Å². The van der Waals surface area contributed by atoms with Crippen LogP contribution in [0.4, 0.5) is 18.9 Å². The number of aromatic nitrogens is 1. The summed E-state index contributed by atoms with van der Waals surface area (Å²) in [6, 6.07) is 8.37. The second-order valence-electron chi connectivity index (χ2n) is 4.16. The van der Waals surface area contributed by atoms with Gasteiger partial charge in [0.15, 0.2) is 0 Å². The van der Waals surface area contributed by atoms with E-state index in [1.54, 1.807) is 12.1 Å². The lowest BCUT2D eigenvalue weighted by atomic mass is 10.1. The molecule has 1 N–H and O–H groups in total. The maximum absolute atomic E-state index is 12.9. The Morgan fingerprint density at radius 2 is 1.90 bits per heavy atom. The van der Waals surface area contributed by atoms with Gasteiger partial charge in [0, 0.05) is 6.20 Å². The number of anilines is 1. The largest absolute Gasteiger partial charge is 0.418 e. The number of carbonyl (C=O) groups is 1. The van der Waals surface area contributed by atoms with Gasteiger partial charge in [-0.25, -0.2) is 0 Å².